The highest BCUT2D eigenvalue weighted by Crippen LogP contribution is 2.23. The maximum absolute atomic E-state index is 4.72. The summed E-state index contributed by atoms with van der Waals surface area (Å²) < 4.78 is 0. The average Bonchev–Trinajstić information content (AvgIpc) is 2.79. The Bertz CT molecular complexity index is 396. The lowest BCUT2D eigenvalue weighted by molar-refractivity contribution is 0.413. The van der Waals surface area contributed by atoms with Gasteiger partial charge in [0.05, 0.1) is 6.04 Å². The minimum atomic E-state index is 0.290. The molecule has 0 saturated carbocycles. The fraction of sp³-hybridized carbons (Fsp3) is 0.667. The standard InChI is InChI=1S/C12H18N4/c1-8-9-3-2-4-10(9)16-12(15-8)11-7-13-5-6-14-11/h11,13-14H,2-7H2,1H3. The molecular formula is C12H18N4. The number of nitrogens with zero attached hydrogens (tertiary/aromatic N) is 2. The second kappa shape index (κ2) is 4.11. The molecule has 0 bridgehead atoms. The number of nitrogens with one attached hydrogen (secondary N) is 2. The van der Waals surface area contributed by atoms with Crippen molar-refractivity contribution in [3.8, 4) is 0 Å². The molecule has 1 unspecified atom stereocenters. The van der Waals surface area contributed by atoms with Crippen molar-refractivity contribution in [2.45, 2.75) is 32.2 Å². The predicted octanol–water partition coefficient (Wildman–Crippen LogP) is 0.508. The van der Waals surface area contributed by atoms with E-state index in [1.165, 1.54) is 23.4 Å². The van der Waals surface area contributed by atoms with Gasteiger partial charge in [-0.2, -0.15) is 0 Å². The third kappa shape index (κ3) is 1.72. The Balaban J connectivity index is 1.92. The van der Waals surface area contributed by atoms with Gasteiger partial charge in [0.2, 0.25) is 0 Å². The van der Waals surface area contributed by atoms with Crippen LogP contribution in [0, 0.1) is 6.92 Å². The largest absolute Gasteiger partial charge is 0.313 e. The van der Waals surface area contributed by atoms with Crippen LogP contribution in [0.4, 0.5) is 0 Å². The zero-order valence-corrected chi connectivity index (χ0v) is 9.71. The van der Waals surface area contributed by atoms with E-state index in [1.54, 1.807) is 0 Å². The molecule has 3 rings (SSSR count). The van der Waals surface area contributed by atoms with Crippen molar-refractivity contribution < 1.29 is 0 Å². The summed E-state index contributed by atoms with van der Waals surface area (Å²) in [5, 5.41) is 6.84. The molecule has 2 aliphatic rings. The summed E-state index contributed by atoms with van der Waals surface area (Å²) in [6.45, 7) is 5.11. The Morgan fingerprint density at radius 2 is 2.12 bits per heavy atom. The summed E-state index contributed by atoms with van der Waals surface area (Å²) in [6.07, 6.45) is 3.54. The monoisotopic (exact) mass is 218 g/mol. The van der Waals surface area contributed by atoms with Crippen LogP contribution >= 0.6 is 0 Å². The molecule has 1 aromatic rings. The Labute approximate surface area is 95.9 Å². The topological polar surface area (TPSA) is 49.8 Å². The average molecular weight is 218 g/mol. The summed E-state index contributed by atoms with van der Waals surface area (Å²) in [5.41, 5.74) is 3.87. The first-order valence-corrected chi connectivity index (χ1v) is 6.15. The molecule has 1 fully saturated rings. The van der Waals surface area contributed by atoms with Crippen LogP contribution in [0.5, 0.6) is 0 Å². The smallest absolute Gasteiger partial charge is 0.147 e. The van der Waals surface area contributed by atoms with E-state index in [9.17, 15) is 0 Å². The van der Waals surface area contributed by atoms with Gasteiger partial charge in [-0.15, -0.1) is 0 Å². The molecule has 1 atom stereocenters. The SMILES string of the molecule is Cc1nc(C2CNCCN2)nc2c1CCC2. The summed E-state index contributed by atoms with van der Waals surface area (Å²) in [4.78, 5) is 9.38. The fourth-order valence-corrected chi connectivity index (χ4v) is 2.64. The van der Waals surface area contributed by atoms with Gasteiger partial charge >= 0.3 is 0 Å². The van der Waals surface area contributed by atoms with Crippen molar-refractivity contribution in [2.24, 2.45) is 0 Å². The third-order valence-electron chi connectivity index (χ3n) is 3.51. The molecule has 0 spiro atoms. The summed E-state index contributed by atoms with van der Waals surface area (Å²) >= 11 is 0. The first-order valence-electron chi connectivity index (χ1n) is 6.15. The molecule has 4 nitrogen and oxygen atoms in total. The molecule has 4 heteroatoms. The highest BCUT2D eigenvalue weighted by Gasteiger charge is 2.22. The van der Waals surface area contributed by atoms with Gasteiger partial charge in [-0.1, -0.05) is 0 Å². The number of aromatic nitrogens is 2. The lowest BCUT2D eigenvalue weighted by Crippen LogP contribution is -2.43. The molecule has 2 heterocycles. The molecule has 1 aliphatic heterocycles. The summed E-state index contributed by atoms with van der Waals surface area (Å²) in [7, 11) is 0. The number of aryl methyl sites for hydroxylation is 2. The second-order valence-electron chi connectivity index (χ2n) is 4.66. The molecule has 1 saturated heterocycles. The summed E-state index contributed by atoms with van der Waals surface area (Å²) in [6, 6.07) is 0.290. The Morgan fingerprint density at radius 3 is 2.94 bits per heavy atom. The molecule has 1 aliphatic carbocycles. The van der Waals surface area contributed by atoms with E-state index in [4.69, 9.17) is 4.98 Å². The normalized spacial score (nSPS) is 24.4. The van der Waals surface area contributed by atoms with Crippen molar-refractivity contribution in [1.82, 2.24) is 20.6 Å². The van der Waals surface area contributed by atoms with Crippen LogP contribution in [-0.2, 0) is 12.8 Å². The highest BCUT2D eigenvalue weighted by molar-refractivity contribution is 5.29. The van der Waals surface area contributed by atoms with Crippen LogP contribution in [0.25, 0.3) is 0 Å². The molecule has 86 valence electrons. The van der Waals surface area contributed by atoms with Crippen molar-refractivity contribution in [3.63, 3.8) is 0 Å². The number of piperazine rings is 1. The fourth-order valence-electron chi connectivity index (χ4n) is 2.64. The minimum absolute atomic E-state index is 0.290. The minimum Gasteiger partial charge on any atom is -0.313 e. The van der Waals surface area contributed by atoms with E-state index < -0.39 is 0 Å². The van der Waals surface area contributed by atoms with Gasteiger partial charge in [-0.25, -0.2) is 9.97 Å². The van der Waals surface area contributed by atoms with Crippen molar-refractivity contribution in [1.29, 1.82) is 0 Å². The maximum Gasteiger partial charge on any atom is 0.147 e. The molecule has 0 radical (unpaired) electrons. The van der Waals surface area contributed by atoms with E-state index in [2.05, 4.69) is 22.5 Å². The molecular weight excluding hydrogens is 200 g/mol. The van der Waals surface area contributed by atoms with Gasteiger partial charge in [0.1, 0.15) is 5.82 Å². The van der Waals surface area contributed by atoms with Gasteiger partial charge in [0.25, 0.3) is 0 Å². The van der Waals surface area contributed by atoms with Crippen LogP contribution < -0.4 is 10.6 Å². The third-order valence-corrected chi connectivity index (χ3v) is 3.51. The molecule has 0 aromatic carbocycles. The van der Waals surface area contributed by atoms with Crippen LogP contribution in [0.1, 0.15) is 35.2 Å². The maximum atomic E-state index is 4.72. The molecule has 2 N–H and O–H groups in total. The van der Waals surface area contributed by atoms with Crippen LogP contribution in [0.2, 0.25) is 0 Å². The van der Waals surface area contributed by atoms with E-state index in [-0.39, 0.29) is 0 Å². The Morgan fingerprint density at radius 1 is 1.19 bits per heavy atom. The number of rotatable bonds is 1. The van der Waals surface area contributed by atoms with Crippen molar-refractivity contribution in [2.75, 3.05) is 19.6 Å². The number of fused-ring (bicyclic) bond motifs is 1. The van der Waals surface area contributed by atoms with Gasteiger partial charge in [-0.3, -0.25) is 0 Å². The number of hydrogen-bond acceptors (Lipinski definition) is 4. The lowest BCUT2D eigenvalue weighted by atomic mass is 10.1. The van der Waals surface area contributed by atoms with E-state index >= 15 is 0 Å². The Hall–Kier alpha value is -1.00. The molecule has 1 aromatic heterocycles. The zero-order valence-electron chi connectivity index (χ0n) is 9.71. The number of hydrogen-bond donors (Lipinski definition) is 2. The Kier molecular flexibility index (Phi) is 2.61. The molecule has 16 heavy (non-hydrogen) atoms. The predicted molar refractivity (Wildman–Crippen MR) is 62.4 cm³/mol. The van der Waals surface area contributed by atoms with Gasteiger partial charge in [0, 0.05) is 31.0 Å². The lowest BCUT2D eigenvalue weighted by Gasteiger charge is -2.24. The zero-order chi connectivity index (χ0) is 11.0. The highest BCUT2D eigenvalue weighted by atomic mass is 15.1. The van der Waals surface area contributed by atoms with Gasteiger partial charge in [0.15, 0.2) is 0 Å². The van der Waals surface area contributed by atoms with Crippen molar-refractivity contribution >= 4 is 0 Å². The van der Waals surface area contributed by atoms with Crippen LogP contribution in [0.15, 0.2) is 0 Å². The van der Waals surface area contributed by atoms with Crippen LogP contribution in [-0.4, -0.2) is 29.6 Å². The van der Waals surface area contributed by atoms with Gasteiger partial charge < -0.3 is 10.6 Å². The quantitative estimate of drug-likeness (QED) is 0.721. The van der Waals surface area contributed by atoms with E-state index in [0.29, 0.717) is 6.04 Å². The second-order valence-corrected chi connectivity index (χ2v) is 4.66. The van der Waals surface area contributed by atoms with E-state index in [1.807, 2.05) is 0 Å². The van der Waals surface area contributed by atoms with Crippen molar-refractivity contribution in [3.05, 3.63) is 22.8 Å². The molecule has 0 amide bonds. The van der Waals surface area contributed by atoms with E-state index in [0.717, 1.165) is 38.3 Å². The first kappa shape index (κ1) is 10.2. The first-order chi connectivity index (χ1) is 7.84. The summed E-state index contributed by atoms with van der Waals surface area (Å²) in [5.74, 6) is 0.977. The van der Waals surface area contributed by atoms with Gasteiger partial charge in [-0.05, 0) is 31.7 Å². The van der Waals surface area contributed by atoms with Crippen LogP contribution in [0.3, 0.4) is 0 Å².